The minimum absolute atomic E-state index is 0.112. The summed E-state index contributed by atoms with van der Waals surface area (Å²) in [6.45, 7) is 3.01. The fourth-order valence-electron chi connectivity index (χ4n) is 6.30. The molecule has 0 spiro atoms. The van der Waals surface area contributed by atoms with E-state index in [1.807, 2.05) is 18.5 Å². The maximum Gasteiger partial charge on any atom is 0.335 e. The predicted molar refractivity (Wildman–Crippen MR) is 148 cm³/mol. The third-order valence-corrected chi connectivity index (χ3v) is 8.55. The van der Waals surface area contributed by atoms with Crippen LogP contribution in [-0.2, 0) is 19.1 Å². The highest BCUT2D eigenvalue weighted by Gasteiger charge is 2.52. The number of aliphatic imine (C=N–C) groups is 1. The number of nitrogens with zero attached hydrogens (tertiary/aromatic N) is 3. The van der Waals surface area contributed by atoms with Crippen LogP contribution in [0.4, 0.5) is 0 Å². The van der Waals surface area contributed by atoms with Gasteiger partial charge < -0.3 is 19.3 Å². The molecule has 0 radical (unpaired) electrons. The second-order valence-electron chi connectivity index (χ2n) is 10.8. The molecule has 206 valence electrons. The summed E-state index contributed by atoms with van der Waals surface area (Å²) in [5, 5.41) is 0.762. The number of benzene rings is 1. The molecular formula is C29H44ClN3O4. The summed E-state index contributed by atoms with van der Waals surface area (Å²) in [4.78, 5) is 34.5. The van der Waals surface area contributed by atoms with Crippen molar-refractivity contribution in [3.8, 4) is 0 Å². The smallest absolute Gasteiger partial charge is 0.335 e. The number of carbonyl (C=O) groups is 2. The molecule has 0 N–H and O–H groups in total. The molecule has 0 saturated heterocycles. The van der Waals surface area contributed by atoms with E-state index >= 15 is 0 Å². The number of methoxy groups -OCH3 is 2. The fraction of sp³-hybridized carbons (Fsp3) is 0.690. The molecule has 3 rings (SSSR count). The van der Waals surface area contributed by atoms with Gasteiger partial charge in [-0.3, -0.25) is 9.79 Å². The lowest BCUT2D eigenvalue weighted by Crippen LogP contribution is -2.53. The first-order chi connectivity index (χ1) is 17.7. The molecule has 7 nitrogen and oxygen atoms in total. The first-order valence-corrected chi connectivity index (χ1v) is 14.0. The summed E-state index contributed by atoms with van der Waals surface area (Å²) in [7, 11) is 7.09. The first kappa shape index (κ1) is 29.4. The highest BCUT2D eigenvalue weighted by molar-refractivity contribution is 6.30. The normalized spacial score (nSPS) is 26.4. The van der Waals surface area contributed by atoms with Crippen molar-refractivity contribution in [1.29, 1.82) is 0 Å². The Morgan fingerprint density at radius 1 is 1.14 bits per heavy atom. The molecule has 0 amide bonds. The molecule has 3 atom stereocenters. The topological polar surface area (TPSA) is 71.4 Å². The number of ether oxygens (including phenoxy) is 2. The second-order valence-corrected chi connectivity index (χ2v) is 11.3. The largest absolute Gasteiger partial charge is 0.469 e. The summed E-state index contributed by atoms with van der Waals surface area (Å²) < 4.78 is 10.1. The van der Waals surface area contributed by atoms with Gasteiger partial charge in [-0.25, -0.2) is 4.79 Å². The molecule has 1 fully saturated rings. The van der Waals surface area contributed by atoms with E-state index in [9.17, 15) is 9.59 Å². The van der Waals surface area contributed by atoms with Crippen LogP contribution in [0.15, 0.2) is 29.3 Å². The van der Waals surface area contributed by atoms with Crippen LogP contribution in [-0.4, -0.2) is 74.5 Å². The van der Waals surface area contributed by atoms with E-state index in [0.717, 1.165) is 56.5 Å². The average Bonchev–Trinajstić information content (AvgIpc) is 3.25. The molecule has 1 aliphatic heterocycles. The molecular weight excluding hydrogens is 490 g/mol. The van der Waals surface area contributed by atoms with Crippen LogP contribution in [0.2, 0.25) is 5.02 Å². The molecule has 1 aliphatic carbocycles. The van der Waals surface area contributed by atoms with Crippen LogP contribution in [0.3, 0.4) is 0 Å². The SMILES string of the molecule is CCCCN1C=NC(CCC(=O)OC)(C(=O)OC)C1CC1CCC(C(c2ccc(Cl)cc2)N(C)C)CC1. The van der Waals surface area contributed by atoms with Gasteiger partial charge >= 0.3 is 11.9 Å². The van der Waals surface area contributed by atoms with Crippen LogP contribution >= 0.6 is 11.6 Å². The quantitative estimate of drug-likeness (QED) is 0.330. The van der Waals surface area contributed by atoms with Crippen LogP contribution in [0.25, 0.3) is 0 Å². The van der Waals surface area contributed by atoms with Gasteiger partial charge in [0.05, 0.1) is 26.6 Å². The Balaban J connectivity index is 1.74. The van der Waals surface area contributed by atoms with Gasteiger partial charge in [-0.05, 0) is 75.7 Å². The zero-order chi connectivity index (χ0) is 27.0. The highest BCUT2D eigenvalue weighted by Crippen LogP contribution is 2.44. The Hall–Kier alpha value is -2.12. The van der Waals surface area contributed by atoms with Crippen molar-refractivity contribution in [2.45, 2.75) is 82.3 Å². The van der Waals surface area contributed by atoms with E-state index in [1.54, 1.807) is 0 Å². The third kappa shape index (κ3) is 7.05. The molecule has 1 aromatic carbocycles. The minimum atomic E-state index is -1.07. The number of hydrogen-bond donors (Lipinski definition) is 0. The molecule has 1 heterocycles. The zero-order valence-corrected chi connectivity index (χ0v) is 23.9. The Morgan fingerprint density at radius 3 is 2.38 bits per heavy atom. The van der Waals surface area contributed by atoms with E-state index in [-0.39, 0.29) is 24.4 Å². The molecule has 2 aliphatic rings. The Morgan fingerprint density at radius 2 is 1.81 bits per heavy atom. The van der Waals surface area contributed by atoms with E-state index in [1.165, 1.54) is 19.8 Å². The second kappa shape index (κ2) is 13.6. The summed E-state index contributed by atoms with van der Waals surface area (Å²) in [5.41, 5.74) is 0.239. The molecule has 0 aromatic heterocycles. The van der Waals surface area contributed by atoms with Crippen LogP contribution in [0.5, 0.6) is 0 Å². The lowest BCUT2D eigenvalue weighted by atomic mass is 9.72. The Kier molecular flexibility index (Phi) is 10.8. The van der Waals surface area contributed by atoms with Gasteiger partial charge in [0, 0.05) is 24.0 Å². The molecule has 37 heavy (non-hydrogen) atoms. The summed E-state index contributed by atoms with van der Waals surface area (Å²) >= 11 is 6.14. The van der Waals surface area contributed by atoms with Crippen molar-refractivity contribution in [2.75, 3.05) is 34.9 Å². The number of carbonyl (C=O) groups excluding carboxylic acids is 2. The number of hydrogen-bond acceptors (Lipinski definition) is 7. The monoisotopic (exact) mass is 533 g/mol. The van der Waals surface area contributed by atoms with E-state index in [0.29, 0.717) is 24.3 Å². The lowest BCUT2D eigenvalue weighted by molar-refractivity contribution is -0.150. The highest BCUT2D eigenvalue weighted by atomic mass is 35.5. The predicted octanol–water partition coefficient (Wildman–Crippen LogP) is 5.52. The lowest BCUT2D eigenvalue weighted by Gasteiger charge is -2.41. The summed E-state index contributed by atoms with van der Waals surface area (Å²) in [6.07, 6.45) is 9.68. The van der Waals surface area contributed by atoms with Crippen LogP contribution < -0.4 is 0 Å². The van der Waals surface area contributed by atoms with Crippen molar-refractivity contribution in [3.63, 3.8) is 0 Å². The van der Waals surface area contributed by atoms with Crippen molar-refractivity contribution >= 4 is 29.9 Å². The maximum absolute atomic E-state index is 13.2. The van der Waals surface area contributed by atoms with Gasteiger partial charge in [-0.15, -0.1) is 0 Å². The summed E-state index contributed by atoms with van der Waals surface area (Å²) in [6, 6.07) is 8.48. The average molecular weight is 534 g/mol. The molecule has 0 bridgehead atoms. The van der Waals surface area contributed by atoms with Crippen molar-refractivity contribution in [2.24, 2.45) is 16.8 Å². The number of esters is 2. The van der Waals surface area contributed by atoms with Crippen molar-refractivity contribution in [1.82, 2.24) is 9.80 Å². The van der Waals surface area contributed by atoms with Crippen molar-refractivity contribution < 1.29 is 19.1 Å². The van der Waals surface area contributed by atoms with Crippen LogP contribution in [0.1, 0.15) is 76.3 Å². The van der Waals surface area contributed by atoms with E-state index in [4.69, 9.17) is 26.1 Å². The van der Waals surface area contributed by atoms with Gasteiger partial charge in [0.1, 0.15) is 0 Å². The molecule has 8 heteroatoms. The minimum Gasteiger partial charge on any atom is -0.469 e. The maximum atomic E-state index is 13.2. The Labute approximate surface area is 227 Å². The Bertz CT molecular complexity index is 914. The third-order valence-electron chi connectivity index (χ3n) is 8.30. The van der Waals surface area contributed by atoms with Gasteiger partial charge in [0.2, 0.25) is 0 Å². The standard InChI is InChI=1S/C29H44ClN3O4/c1-6-7-18-33-20-31-29(28(35)37-5,17-16-26(34)36-4)25(33)19-21-8-10-22(11-9-21)27(32(2)3)23-12-14-24(30)15-13-23/h12-15,20-22,25,27H,6-11,16-19H2,1-5H3. The molecule has 1 saturated carbocycles. The van der Waals surface area contributed by atoms with Crippen LogP contribution in [0, 0.1) is 11.8 Å². The number of unbranched alkanes of at least 4 members (excludes halogenated alkanes) is 1. The van der Waals surface area contributed by atoms with Crippen molar-refractivity contribution in [3.05, 3.63) is 34.9 Å². The van der Waals surface area contributed by atoms with Gasteiger partial charge in [0.25, 0.3) is 0 Å². The zero-order valence-electron chi connectivity index (χ0n) is 23.1. The van der Waals surface area contributed by atoms with Gasteiger partial charge in [0.15, 0.2) is 5.54 Å². The van der Waals surface area contributed by atoms with E-state index < -0.39 is 5.54 Å². The number of halogens is 1. The molecule has 3 unspecified atom stereocenters. The first-order valence-electron chi connectivity index (χ1n) is 13.6. The summed E-state index contributed by atoms with van der Waals surface area (Å²) in [5.74, 6) is 0.359. The van der Waals surface area contributed by atoms with Gasteiger partial charge in [-0.2, -0.15) is 0 Å². The fourth-order valence-corrected chi connectivity index (χ4v) is 6.43. The number of rotatable bonds is 12. The van der Waals surface area contributed by atoms with Gasteiger partial charge in [-0.1, -0.05) is 49.9 Å². The van der Waals surface area contributed by atoms with E-state index in [2.05, 4.69) is 43.0 Å². The molecule has 1 aromatic rings.